The summed E-state index contributed by atoms with van der Waals surface area (Å²) in [6, 6.07) is 18.1. The fourth-order valence-corrected chi connectivity index (χ4v) is 10.0. The molecule has 4 heterocycles. The molecule has 2 N–H and O–H groups in total. The molecule has 45 heavy (non-hydrogen) atoms. The number of hydrogen-bond acceptors (Lipinski definition) is 6. The number of pyridine rings is 1. The van der Waals surface area contributed by atoms with Crippen LogP contribution in [0.4, 0.5) is 10.8 Å². The van der Waals surface area contributed by atoms with E-state index < -0.39 is 5.97 Å². The van der Waals surface area contributed by atoms with Gasteiger partial charge in [0.05, 0.1) is 28.3 Å². The molecule has 226 valence electrons. The van der Waals surface area contributed by atoms with E-state index in [9.17, 15) is 9.90 Å². The van der Waals surface area contributed by atoms with Crippen LogP contribution in [-0.2, 0) is 6.54 Å². The average molecular weight is 615 g/mol. The molecule has 9 heteroatoms. The highest BCUT2D eigenvalue weighted by Gasteiger charge is 2.51. The molecule has 0 spiro atoms. The molecule has 6 aromatic rings. The number of carbonyl (C=O) groups is 1. The van der Waals surface area contributed by atoms with Crippen LogP contribution in [0.5, 0.6) is 0 Å². The maximum absolute atomic E-state index is 12.8. The van der Waals surface area contributed by atoms with Crippen LogP contribution < -0.4 is 5.32 Å². The molecule has 0 radical (unpaired) electrons. The van der Waals surface area contributed by atoms with Gasteiger partial charge in [0.25, 0.3) is 0 Å². The van der Waals surface area contributed by atoms with Crippen molar-refractivity contribution >= 4 is 44.0 Å². The van der Waals surface area contributed by atoms with Crippen LogP contribution in [0, 0.1) is 30.1 Å². The number of rotatable bonds is 7. The van der Waals surface area contributed by atoms with Gasteiger partial charge in [-0.15, -0.1) is 0 Å². The molecule has 8 nitrogen and oxygen atoms in total. The SMILES string of the molecule is Cc1c(-c2ccn3c(-c4ccc(Nc5nc6ccccc6s5)cc4)cnc3c2C(=O)O)cnn1CC12CC3CC(CC(C3)C1)C2. The van der Waals surface area contributed by atoms with E-state index in [0.717, 1.165) is 67.8 Å². The first-order valence-electron chi connectivity index (χ1n) is 15.9. The Morgan fingerprint density at radius 3 is 2.42 bits per heavy atom. The Labute approximate surface area is 264 Å². The van der Waals surface area contributed by atoms with Crippen molar-refractivity contribution in [2.24, 2.45) is 23.2 Å². The van der Waals surface area contributed by atoms with E-state index in [1.54, 1.807) is 17.5 Å². The van der Waals surface area contributed by atoms with Crippen LogP contribution in [0.25, 0.3) is 38.2 Å². The van der Waals surface area contributed by atoms with Gasteiger partial charge in [0.15, 0.2) is 10.8 Å². The van der Waals surface area contributed by atoms with Crippen LogP contribution in [0.1, 0.15) is 54.6 Å². The van der Waals surface area contributed by atoms with Crippen LogP contribution in [0.2, 0.25) is 0 Å². The number of imidazole rings is 1. The molecule has 0 amide bonds. The first-order valence-corrected chi connectivity index (χ1v) is 16.7. The second-order valence-corrected chi connectivity index (χ2v) is 14.7. The zero-order chi connectivity index (χ0) is 30.3. The third-order valence-corrected chi connectivity index (χ3v) is 11.6. The number of aromatic carboxylic acids is 1. The molecule has 0 atom stereocenters. The van der Waals surface area contributed by atoms with Gasteiger partial charge in [-0.05, 0) is 98.9 Å². The maximum atomic E-state index is 12.8. The Hall–Kier alpha value is -4.50. The van der Waals surface area contributed by atoms with Gasteiger partial charge in [-0.3, -0.25) is 9.08 Å². The zero-order valence-electron chi connectivity index (χ0n) is 25.1. The van der Waals surface area contributed by atoms with Crippen LogP contribution >= 0.6 is 11.3 Å². The second-order valence-electron chi connectivity index (χ2n) is 13.7. The summed E-state index contributed by atoms with van der Waals surface area (Å²) in [5.41, 5.74) is 7.23. The van der Waals surface area contributed by atoms with Gasteiger partial charge in [0.2, 0.25) is 0 Å². The average Bonchev–Trinajstić information content (AvgIpc) is 3.73. The molecular formula is C36H34N6O2S. The molecule has 2 aromatic carbocycles. The second kappa shape index (κ2) is 10.0. The number of nitrogens with one attached hydrogen (secondary N) is 1. The van der Waals surface area contributed by atoms with Crippen molar-refractivity contribution < 1.29 is 9.90 Å². The number of benzene rings is 2. The molecule has 10 rings (SSSR count). The fraction of sp³-hybridized carbons (Fsp3) is 0.333. The van der Waals surface area contributed by atoms with Crippen molar-refractivity contribution in [1.82, 2.24) is 24.1 Å². The minimum Gasteiger partial charge on any atom is -0.478 e. The maximum Gasteiger partial charge on any atom is 0.340 e. The highest BCUT2D eigenvalue weighted by Crippen LogP contribution is 2.60. The summed E-state index contributed by atoms with van der Waals surface area (Å²) in [4.78, 5) is 22.1. The molecule has 4 fully saturated rings. The van der Waals surface area contributed by atoms with Crippen LogP contribution in [-0.4, -0.2) is 35.2 Å². The first-order chi connectivity index (χ1) is 21.9. The van der Waals surface area contributed by atoms with E-state index in [-0.39, 0.29) is 5.56 Å². The normalized spacial score (nSPS) is 23.7. The van der Waals surface area contributed by atoms with Crippen molar-refractivity contribution in [2.75, 3.05) is 5.32 Å². The molecular weight excluding hydrogens is 581 g/mol. The summed E-state index contributed by atoms with van der Waals surface area (Å²) in [7, 11) is 0. The fourth-order valence-electron chi connectivity index (χ4n) is 9.14. The number of carboxylic acid groups (broad SMARTS) is 1. The molecule has 0 unspecified atom stereocenters. The first kappa shape index (κ1) is 26.9. The predicted molar refractivity (Wildman–Crippen MR) is 177 cm³/mol. The highest BCUT2D eigenvalue weighted by atomic mass is 32.1. The van der Waals surface area contributed by atoms with E-state index in [2.05, 4.69) is 33.0 Å². The van der Waals surface area contributed by atoms with Crippen molar-refractivity contribution in [2.45, 2.75) is 52.0 Å². The van der Waals surface area contributed by atoms with E-state index in [4.69, 9.17) is 5.10 Å². The Bertz CT molecular complexity index is 2040. The molecule has 4 aliphatic rings. The van der Waals surface area contributed by atoms with Gasteiger partial charge in [-0.25, -0.2) is 14.8 Å². The number of nitrogens with zero attached hydrogens (tertiary/aromatic N) is 5. The minimum absolute atomic E-state index is 0.204. The molecule has 4 saturated carbocycles. The van der Waals surface area contributed by atoms with Gasteiger partial charge in [0, 0.05) is 40.8 Å². The lowest BCUT2D eigenvalue weighted by Gasteiger charge is -2.56. The lowest BCUT2D eigenvalue weighted by Crippen LogP contribution is -2.48. The molecule has 0 aliphatic heterocycles. The summed E-state index contributed by atoms with van der Waals surface area (Å²) in [6.45, 7) is 3.02. The highest BCUT2D eigenvalue weighted by molar-refractivity contribution is 7.22. The van der Waals surface area contributed by atoms with Crippen LogP contribution in [0.15, 0.2) is 73.2 Å². The smallest absolute Gasteiger partial charge is 0.340 e. The quantitative estimate of drug-likeness (QED) is 0.187. The van der Waals surface area contributed by atoms with E-state index in [0.29, 0.717) is 16.6 Å². The Kier molecular flexibility index (Phi) is 5.97. The van der Waals surface area contributed by atoms with E-state index in [1.165, 1.54) is 38.5 Å². The monoisotopic (exact) mass is 614 g/mol. The summed E-state index contributed by atoms with van der Waals surface area (Å²) in [5, 5.41) is 19.5. The molecule has 0 saturated heterocycles. The summed E-state index contributed by atoms with van der Waals surface area (Å²) in [6.07, 6.45) is 13.7. The Morgan fingerprint density at radius 1 is 0.978 bits per heavy atom. The number of aromatic nitrogens is 5. The minimum atomic E-state index is -0.989. The number of fused-ring (bicyclic) bond motifs is 2. The van der Waals surface area contributed by atoms with Crippen molar-refractivity contribution in [3.8, 4) is 22.4 Å². The van der Waals surface area contributed by atoms with E-state index >= 15 is 0 Å². The van der Waals surface area contributed by atoms with Crippen molar-refractivity contribution in [3.05, 3.63) is 84.4 Å². The topological polar surface area (TPSA) is 97.3 Å². The van der Waals surface area contributed by atoms with Gasteiger partial charge < -0.3 is 10.4 Å². The third kappa shape index (κ3) is 4.47. The Balaban J connectivity index is 1.01. The summed E-state index contributed by atoms with van der Waals surface area (Å²) < 4.78 is 5.17. The number of hydrogen-bond donors (Lipinski definition) is 2. The largest absolute Gasteiger partial charge is 0.478 e. The number of para-hydroxylation sites is 1. The summed E-state index contributed by atoms with van der Waals surface area (Å²) >= 11 is 1.62. The predicted octanol–water partition coefficient (Wildman–Crippen LogP) is 8.44. The zero-order valence-corrected chi connectivity index (χ0v) is 25.9. The van der Waals surface area contributed by atoms with Gasteiger partial charge in [-0.2, -0.15) is 5.10 Å². The number of anilines is 2. The number of thiazole rings is 1. The van der Waals surface area contributed by atoms with Crippen molar-refractivity contribution in [1.29, 1.82) is 0 Å². The molecule has 4 aliphatic carbocycles. The van der Waals surface area contributed by atoms with Crippen LogP contribution in [0.3, 0.4) is 0 Å². The summed E-state index contributed by atoms with van der Waals surface area (Å²) in [5.74, 6) is 1.66. The molecule has 4 bridgehead atoms. The lowest BCUT2D eigenvalue weighted by atomic mass is 9.49. The van der Waals surface area contributed by atoms with Gasteiger partial charge in [-0.1, -0.05) is 35.6 Å². The lowest BCUT2D eigenvalue weighted by molar-refractivity contribution is -0.0638. The third-order valence-electron chi connectivity index (χ3n) is 10.7. The standard InChI is InChI=1S/C36H34N6O2S/c1-21-28(18-38-42(21)20-36-15-22-12-23(16-36)14-24(13-22)17-36)27-10-11-41-30(19-37-33(41)32(27)34(43)44)25-6-8-26(9-7-25)39-35-40-29-4-2-3-5-31(29)45-35/h2-11,18-19,22-24H,12-17,20H2,1H3,(H,39,40)(H,43,44). The van der Waals surface area contributed by atoms with Gasteiger partial charge in [0.1, 0.15) is 5.56 Å². The van der Waals surface area contributed by atoms with Gasteiger partial charge >= 0.3 is 5.97 Å². The Morgan fingerprint density at radius 2 is 1.71 bits per heavy atom. The molecule has 4 aromatic heterocycles. The number of carboxylic acids is 1. The van der Waals surface area contributed by atoms with E-state index in [1.807, 2.05) is 65.3 Å². The van der Waals surface area contributed by atoms with Crippen molar-refractivity contribution in [3.63, 3.8) is 0 Å².